The summed E-state index contributed by atoms with van der Waals surface area (Å²) in [6.07, 6.45) is 0. The monoisotopic (exact) mass is 710 g/mol. The lowest BCUT2D eigenvalue weighted by Crippen LogP contribution is -2.28. The molecular weight excluding hydrogens is 677 g/mol. The minimum Gasteiger partial charge on any atom is -0.456 e. The van der Waals surface area contributed by atoms with Gasteiger partial charge in [-0.3, -0.25) is 0 Å². The van der Waals surface area contributed by atoms with Crippen LogP contribution in [0.1, 0.15) is 22.3 Å². The Balaban J connectivity index is 0.988. The average molecular weight is 711 g/mol. The van der Waals surface area contributed by atoms with Crippen LogP contribution < -0.4 is 0 Å². The summed E-state index contributed by atoms with van der Waals surface area (Å²) in [7, 11) is 0. The van der Waals surface area contributed by atoms with Crippen LogP contribution in [0.2, 0.25) is 0 Å². The maximum atomic E-state index is 6.30. The fourth-order valence-corrected chi connectivity index (χ4v) is 9.70. The fraction of sp³-hybridized carbons (Fsp3) is 0.0182. The third kappa shape index (κ3) is 4.49. The summed E-state index contributed by atoms with van der Waals surface area (Å²) < 4.78 is 6.30. The van der Waals surface area contributed by atoms with Gasteiger partial charge >= 0.3 is 0 Å². The van der Waals surface area contributed by atoms with E-state index in [1.807, 2.05) is 0 Å². The van der Waals surface area contributed by atoms with E-state index in [1.54, 1.807) is 0 Å². The molecule has 1 aromatic heterocycles. The van der Waals surface area contributed by atoms with Crippen molar-refractivity contribution in [3.05, 3.63) is 229 Å². The summed E-state index contributed by atoms with van der Waals surface area (Å²) in [5, 5.41) is 9.70. The SMILES string of the molecule is c1ccc(C2(c3ccccc3)c3ccccc3-c3ccc4ccc(-c5ccc6cc(-c7ccc8oc9cc%10ccccc%10cc9c8c7)ccc6c5)cc4c32)cc1. The van der Waals surface area contributed by atoms with E-state index in [9.17, 15) is 0 Å². The van der Waals surface area contributed by atoms with E-state index >= 15 is 0 Å². The van der Waals surface area contributed by atoms with Crippen molar-refractivity contribution in [3.63, 3.8) is 0 Å². The number of benzene rings is 10. The van der Waals surface area contributed by atoms with Crippen LogP contribution in [0.5, 0.6) is 0 Å². The Labute approximate surface area is 324 Å². The van der Waals surface area contributed by atoms with Gasteiger partial charge in [-0.25, -0.2) is 0 Å². The van der Waals surface area contributed by atoms with Crippen molar-refractivity contribution in [3.8, 4) is 33.4 Å². The topological polar surface area (TPSA) is 13.1 Å². The van der Waals surface area contributed by atoms with Crippen LogP contribution >= 0.6 is 0 Å². The predicted octanol–water partition coefficient (Wildman–Crippen LogP) is 14.7. The minimum absolute atomic E-state index is 0.452. The molecule has 1 heteroatoms. The first-order valence-electron chi connectivity index (χ1n) is 19.4. The molecule has 0 radical (unpaired) electrons. The third-order valence-electron chi connectivity index (χ3n) is 12.3. The van der Waals surface area contributed by atoms with Gasteiger partial charge in [0, 0.05) is 10.8 Å². The van der Waals surface area contributed by atoms with Gasteiger partial charge in [-0.2, -0.15) is 0 Å². The van der Waals surface area contributed by atoms with E-state index in [1.165, 1.54) is 88.0 Å². The molecule has 0 spiro atoms. The Morgan fingerprint density at radius 3 is 1.50 bits per heavy atom. The molecular formula is C55H34O. The summed E-state index contributed by atoms with van der Waals surface area (Å²) in [5.74, 6) is 0. The van der Waals surface area contributed by atoms with E-state index < -0.39 is 5.41 Å². The highest BCUT2D eigenvalue weighted by molar-refractivity contribution is 6.11. The molecule has 0 saturated carbocycles. The van der Waals surface area contributed by atoms with Crippen molar-refractivity contribution in [2.24, 2.45) is 0 Å². The van der Waals surface area contributed by atoms with Crippen molar-refractivity contribution >= 4 is 54.3 Å². The molecule has 0 saturated heterocycles. The zero-order chi connectivity index (χ0) is 36.8. The molecule has 56 heavy (non-hydrogen) atoms. The van der Waals surface area contributed by atoms with Gasteiger partial charge in [-0.05, 0) is 130 Å². The second-order valence-electron chi connectivity index (χ2n) is 15.2. The Kier molecular flexibility index (Phi) is 6.62. The largest absolute Gasteiger partial charge is 0.456 e. The van der Waals surface area contributed by atoms with Gasteiger partial charge in [-0.15, -0.1) is 0 Å². The molecule has 0 unspecified atom stereocenters. The van der Waals surface area contributed by atoms with E-state index in [0.717, 1.165) is 21.9 Å². The molecule has 0 fully saturated rings. The van der Waals surface area contributed by atoms with Gasteiger partial charge in [-0.1, -0.05) is 164 Å². The Hall–Kier alpha value is -7.22. The highest BCUT2D eigenvalue weighted by Crippen LogP contribution is 2.58. The van der Waals surface area contributed by atoms with E-state index in [2.05, 4.69) is 206 Å². The molecule has 0 atom stereocenters. The first-order valence-corrected chi connectivity index (χ1v) is 19.4. The summed E-state index contributed by atoms with van der Waals surface area (Å²) in [6.45, 7) is 0. The smallest absolute Gasteiger partial charge is 0.136 e. The molecule has 0 amide bonds. The van der Waals surface area contributed by atoms with Gasteiger partial charge < -0.3 is 4.42 Å². The third-order valence-corrected chi connectivity index (χ3v) is 12.3. The lowest BCUT2D eigenvalue weighted by molar-refractivity contribution is 0.669. The van der Waals surface area contributed by atoms with E-state index in [-0.39, 0.29) is 0 Å². The maximum absolute atomic E-state index is 6.30. The average Bonchev–Trinajstić information content (AvgIpc) is 3.78. The van der Waals surface area contributed by atoms with Crippen LogP contribution in [-0.2, 0) is 5.41 Å². The predicted molar refractivity (Wildman–Crippen MR) is 234 cm³/mol. The second kappa shape index (κ2) is 11.9. The van der Waals surface area contributed by atoms with Crippen LogP contribution in [0.3, 0.4) is 0 Å². The molecule has 10 aromatic carbocycles. The van der Waals surface area contributed by atoms with Gasteiger partial charge in [0.25, 0.3) is 0 Å². The Morgan fingerprint density at radius 1 is 0.304 bits per heavy atom. The minimum atomic E-state index is -0.452. The molecule has 12 rings (SSSR count). The van der Waals surface area contributed by atoms with E-state index in [0.29, 0.717) is 0 Å². The van der Waals surface area contributed by atoms with Crippen molar-refractivity contribution < 1.29 is 4.42 Å². The molecule has 0 aliphatic heterocycles. The Morgan fingerprint density at radius 2 is 0.804 bits per heavy atom. The van der Waals surface area contributed by atoms with Gasteiger partial charge in [0.2, 0.25) is 0 Å². The first kappa shape index (κ1) is 31.2. The Bertz CT molecular complexity index is 3310. The number of fused-ring (bicyclic) bond motifs is 10. The molecule has 0 N–H and O–H groups in total. The normalized spacial score (nSPS) is 13.1. The second-order valence-corrected chi connectivity index (χ2v) is 15.2. The van der Waals surface area contributed by atoms with Crippen molar-refractivity contribution in [1.29, 1.82) is 0 Å². The van der Waals surface area contributed by atoms with Gasteiger partial charge in [0.05, 0.1) is 5.41 Å². The van der Waals surface area contributed by atoms with Gasteiger partial charge in [0.15, 0.2) is 0 Å². The summed E-state index contributed by atoms with van der Waals surface area (Å²) >= 11 is 0. The molecule has 1 aliphatic rings. The molecule has 1 nitrogen and oxygen atoms in total. The zero-order valence-corrected chi connectivity index (χ0v) is 30.5. The van der Waals surface area contributed by atoms with Crippen molar-refractivity contribution in [1.82, 2.24) is 0 Å². The first-order chi connectivity index (χ1) is 27.7. The summed E-state index contributed by atoms with van der Waals surface area (Å²) in [6, 6.07) is 76.0. The molecule has 260 valence electrons. The van der Waals surface area contributed by atoms with Crippen molar-refractivity contribution in [2.75, 3.05) is 0 Å². The number of furan rings is 1. The van der Waals surface area contributed by atoms with Gasteiger partial charge in [0.1, 0.15) is 11.2 Å². The molecule has 1 aliphatic carbocycles. The van der Waals surface area contributed by atoms with Crippen LogP contribution in [0.15, 0.2) is 211 Å². The van der Waals surface area contributed by atoms with Crippen LogP contribution in [0.4, 0.5) is 0 Å². The van der Waals surface area contributed by atoms with Crippen LogP contribution in [-0.4, -0.2) is 0 Å². The van der Waals surface area contributed by atoms with Crippen LogP contribution in [0, 0.1) is 0 Å². The van der Waals surface area contributed by atoms with Crippen LogP contribution in [0.25, 0.3) is 87.6 Å². The standard InChI is InChI=1S/C55H34O/c1-3-13-44(14-4-1)55(45-15-5-2-6-16-45)51-18-10-9-17-46(51)47-27-25-35-19-20-42(31-48(35)54(47)55)40-23-21-39-30-41(24-22-38(39)29-40)43-26-28-52-49(33-43)50-32-36-11-7-8-12-37(36)34-53(50)56-52/h1-34H. The molecule has 11 aromatic rings. The molecule has 1 heterocycles. The molecule has 0 bridgehead atoms. The number of hydrogen-bond acceptors (Lipinski definition) is 1. The lowest BCUT2D eigenvalue weighted by Gasteiger charge is -2.34. The lowest BCUT2D eigenvalue weighted by atomic mass is 9.66. The van der Waals surface area contributed by atoms with E-state index in [4.69, 9.17) is 4.42 Å². The fourth-order valence-electron chi connectivity index (χ4n) is 9.70. The maximum Gasteiger partial charge on any atom is 0.136 e. The quantitative estimate of drug-likeness (QED) is 0.177. The number of hydrogen-bond donors (Lipinski definition) is 0. The highest BCUT2D eigenvalue weighted by Gasteiger charge is 2.47. The summed E-state index contributed by atoms with van der Waals surface area (Å²) in [5.41, 5.74) is 14.1. The van der Waals surface area contributed by atoms with Crippen molar-refractivity contribution in [2.45, 2.75) is 5.41 Å². The highest BCUT2D eigenvalue weighted by atomic mass is 16.3. The number of rotatable bonds is 4. The summed E-state index contributed by atoms with van der Waals surface area (Å²) in [4.78, 5) is 0. The zero-order valence-electron chi connectivity index (χ0n) is 30.5.